The van der Waals surface area contributed by atoms with Gasteiger partial charge in [0.25, 0.3) is 10.0 Å². The summed E-state index contributed by atoms with van der Waals surface area (Å²) in [7, 11) is -1.78. The van der Waals surface area contributed by atoms with Crippen molar-refractivity contribution in [2.45, 2.75) is 30.6 Å². The van der Waals surface area contributed by atoms with Gasteiger partial charge in [-0.15, -0.1) is 4.40 Å². The van der Waals surface area contributed by atoms with E-state index in [1.165, 1.54) is 12.1 Å². The lowest BCUT2D eigenvalue weighted by atomic mass is 10.2. The number of nitrogens with zero attached hydrogens (tertiary/aromatic N) is 2. The lowest BCUT2D eigenvalue weighted by Crippen LogP contribution is -2.26. The third-order valence-electron chi connectivity index (χ3n) is 3.22. The van der Waals surface area contributed by atoms with Crippen LogP contribution in [0.1, 0.15) is 25.7 Å². The zero-order valence-electron chi connectivity index (χ0n) is 11.0. The zero-order valence-corrected chi connectivity index (χ0v) is 11.9. The van der Waals surface area contributed by atoms with Crippen molar-refractivity contribution in [1.82, 2.24) is 4.90 Å². The van der Waals surface area contributed by atoms with Gasteiger partial charge >= 0.3 is 0 Å². The Kier molecular flexibility index (Phi) is 4.09. The Bertz CT molecular complexity index is 581. The number of likely N-dealkylation sites (tertiary alicyclic amines) is 1. The molecule has 0 saturated carbocycles. The second kappa shape index (κ2) is 5.61. The van der Waals surface area contributed by atoms with Gasteiger partial charge in [0.05, 0.1) is 4.90 Å². The van der Waals surface area contributed by atoms with Gasteiger partial charge in [-0.3, -0.25) is 0 Å². The van der Waals surface area contributed by atoms with E-state index in [1.54, 1.807) is 12.1 Å². The Balaban J connectivity index is 2.34. The third kappa shape index (κ3) is 3.47. The van der Waals surface area contributed by atoms with Crippen molar-refractivity contribution in [3.05, 3.63) is 24.3 Å². The van der Waals surface area contributed by atoms with Crippen LogP contribution in [0.3, 0.4) is 0 Å². The van der Waals surface area contributed by atoms with Gasteiger partial charge in [0.1, 0.15) is 5.84 Å². The standard InChI is InChI=1S/C13H19N3O2S/c1-16-9-4-2-3-8-13(16)15-19(17,18)12-7-5-6-11(14)10-12/h5-7,10H,2-4,8-9,14H2,1H3/b15-13-. The first-order valence-corrected chi connectivity index (χ1v) is 7.83. The molecular weight excluding hydrogens is 262 g/mol. The maximum atomic E-state index is 12.2. The normalized spacial score (nSPS) is 19.4. The molecule has 0 atom stereocenters. The molecule has 0 aromatic heterocycles. The summed E-state index contributed by atoms with van der Waals surface area (Å²) in [6, 6.07) is 6.24. The first-order valence-electron chi connectivity index (χ1n) is 6.39. The predicted molar refractivity (Wildman–Crippen MR) is 76.6 cm³/mol. The molecule has 19 heavy (non-hydrogen) atoms. The number of amidine groups is 1. The van der Waals surface area contributed by atoms with Gasteiger partial charge in [-0.25, -0.2) is 0 Å². The monoisotopic (exact) mass is 281 g/mol. The van der Waals surface area contributed by atoms with E-state index < -0.39 is 10.0 Å². The summed E-state index contributed by atoms with van der Waals surface area (Å²) in [5.41, 5.74) is 6.04. The molecule has 1 aliphatic heterocycles. The summed E-state index contributed by atoms with van der Waals surface area (Å²) in [6.07, 6.45) is 3.88. The number of anilines is 1. The molecule has 2 rings (SSSR count). The van der Waals surface area contributed by atoms with Crippen LogP contribution in [0, 0.1) is 0 Å². The molecule has 5 nitrogen and oxygen atoms in total. The Morgan fingerprint density at radius 1 is 1.26 bits per heavy atom. The predicted octanol–water partition coefficient (Wildman–Crippen LogP) is 1.86. The summed E-state index contributed by atoms with van der Waals surface area (Å²) < 4.78 is 28.5. The highest BCUT2D eigenvalue weighted by molar-refractivity contribution is 7.90. The summed E-state index contributed by atoms with van der Waals surface area (Å²) >= 11 is 0. The van der Waals surface area contributed by atoms with Crippen LogP contribution in [0.2, 0.25) is 0 Å². The van der Waals surface area contributed by atoms with Gasteiger partial charge in [0, 0.05) is 25.7 Å². The number of rotatable bonds is 2. The molecule has 0 bridgehead atoms. The fourth-order valence-electron chi connectivity index (χ4n) is 2.11. The number of nitrogens with two attached hydrogens (primary N) is 1. The highest BCUT2D eigenvalue weighted by Crippen LogP contribution is 2.18. The molecule has 0 unspecified atom stereocenters. The maximum Gasteiger partial charge on any atom is 0.284 e. The van der Waals surface area contributed by atoms with E-state index in [1.807, 2.05) is 11.9 Å². The molecule has 1 fully saturated rings. The molecular formula is C13H19N3O2S. The average molecular weight is 281 g/mol. The molecule has 0 amide bonds. The highest BCUT2D eigenvalue weighted by atomic mass is 32.2. The van der Waals surface area contributed by atoms with Gasteiger partial charge < -0.3 is 10.6 Å². The summed E-state index contributed by atoms with van der Waals surface area (Å²) in [4.78, 5) is 2.08. The Morgan fingerprint density at radius 3 is 2.79 bits per heavy atom. The maximum absolute atomic E-state index is 12.2. The quantitative estimate of drug-likeness (QED) is 0.840. The van der Waals surface area contributed by atoms with Crippen molar-refractivity contribution < 1.29 is 8.42 Å². The highest BCUT2D eigenvalue weighted by Gasteiger charge is 2.18. The van der Waals surface area contributed by atoms with E-state index in [9.17, 15) is 8.42 Å². The van der Waals surface area contributed by atoms with Crippen LogP contribution in [0.5, 0.6) is 0 Å². The van der Waals surface area contributed by atoms with Crippen LogP contribution in [0.4, 0.5) is 5.69 Å². The molecule has 0 spiro atoms. The van der Waals surface area contributed by atoms with E-state index in [0.717, 1.165) is 25.8 Å². The van der Waals surface area contributed by atoms with Crippen LogP contribution in [-0.2, 0) is 10.0 Å². The number of benzene rings is 1. The lowest BCUT2D eigenvalue weighted by molar-refractivity contribution is 0.494. The molecule has 104 valence electrons. The van der Waals surface area contributed by atoms with Crippen LogP contribution in [-0.4, -0.2) is 32.7 Å². The van der Waals surface area contributed by atoms with Crippen LogP contribution in [0.25, 0.3) is 0 Å². The second-order valence-corrected chi connectivity index (χ2v) is 6.39. The lowest BCUT2D eigenvalue weighted by Gasteiger charge is -2.17. The molecule has 1 saturated heterocycles. The van der Waals surface area contributed by atoms with Gasteiger partial charge in [0.2, 0.25) is 0 Å². The minimum absolute atomic E-state index is 0.151. The number of hydrogen-bond acceptors (Lipinski definition) is 3. The van der Waals surface area contributed by atoms with Gasteiger partial charge in [-0.1, -0.05) is 12.5 Å². The summed E-state index contributed by atoms with van der Waals surface area (Å²) in [6.45, 7) is 0.852. The number of sulfonamides is 1. The molecule has 1 aliphatic rings. The van der Waals surface area contributed by atoms with Crippen LogP contribution < -0.4 is 5.73 Å². The van der Waals surface area contributed by atoms with Crippen molar-refractivity contribution in [1.29, 1.82) is 0 Å². The van der Waals surface area contributed by atoms with Crippen molar-refractivity contribution in [2.24, 2.45) is 4.40 Å². The fraction of sp³-hybridized carbons (Fsp3) is 0.462. The summed E-state index contributed by atoms with van der Waals surface area (Å²) in [5.74, 6) is 0.639. The van der Waals surface area contributed by atoms with E-state index in [0.29, 0.717) is 17.9 Å². The molecule has 1 heterocycles. The molecule has 1 aromatic rings. The van der Waals surface area contributed by atoms with Crippen LogP contribution in [0.15, 0.2) is 33.6 Å². The topological polar surface area (TPSA) is 75.8 Å². The van der Waals surface area contributed by atoms with E-state index in [2.05, 4.69) is 4.40 Å². The summed E-state index contributed by atoms with van der Waals surface area (Å²) in [5, 5.41) is 0. The Morgan fingerprint density at radius 2 is 2.05 bits per heavy atom. The van der Waals surface area contributed by atoms with Crippen molar-refractivity contribution in [2.75, 3.05) is 19.3 Å². The molecule has 1 aromatic carbocycles. The Hall–Kier alpha value is -1.56. The van der Waals surface area contributed by atoms with Gasteiger partial charge in [-0.05, 0) is 31.0 Å². The first-order chi connectivity index (χ1) is 8.99. The van der Waals surface area contributed by atoms with Gasteiger partial charge in [0.15, 0.2) is 0 Å². The minimum atomic E-state index is -3.67. The number of hydrogen-bond donors (Lipinski definition) is 1. The largest absolute Gasteiger partial charge is 0.399 e. The number of nitrogen functional groups attached to an aromatic ring is 1. The molecule has 2 N–H and O–H groups in total. The van der Waals surface area contributed by atoms with Crippen molar-refractivity contribution >= 4 is 21.5 Å². The van der Waals surface area contributed by atoms with E-state index >= 15 is 0 Å². The molecule has 6 heteroatoms. The second-order valence-electron chi connectivity index (χ2n) is 4.79. The van der Waals surface area contributed by atoms with E-state index in [-0.39, 0.29) is 4.90 Å². The van der Waals surface area contributed by atoms with Crippen LogP contribution >= 0.6 is 0 Å². The van der Waals surface area contributed by atoms with Crippen molar-refractivity contribution in [3.8, 4) is 0 Å². The molecule has 0 aliphatic carbocycles. The first kappa shape index (κ1) is 13.9. The van der Waals surface area contributed by atoms with E-state index in [4.69, 9.17) is 5.73 Å². The average Bonchev–Trinajstić information content (AvgIpc) is 2.55. The minimum Gasteiger partial charge on any atom is -0.399 e. The fourth-order valence-corrected chi connectivity index (χ4v) is 3.26. The molecule has 0 radical (unpaired) electrons. The zero-order chi connectivity index (χ0) is 13.9. The smallest absolute Gasteiger partial charge is 0.284 e. The third-order valence-corrected chi connectivity index (χ3v) is 4.52. The Labute approximate surface area is 114 Å². The SMILES string of the molecule is CN1CCCCC/C1=N/S(=O)(=O)c1cccc(N)c1. The van der Waals surface area contributed by atoms with Crippen molar-refractivity contribution in [3.63, 3.8) is 0 Å². The van der Waals surface area contributed by atoms with Gasteiger partial charge in [-0.2, -0.15) is 8.42 Å².